The number of carbonyl (C=O) groups is 3. The molecule has 0 fully saturated rings. The minimum Gasteiger partial charge on any atom is -0.445 e. The molecule has 3 N–H and O–H groups in total. The average molecular weight is 336 g/mol. The summed E-state index contributed by atoms with van der Waals surface area (Å²) in [7, 11) is 0. The van der Waals surface area contributed by atoms with Crippen LogP contribution in [0.15, 0.2) is 30.3 Å². The smallest absolute Gasteiger partial charge is 0.408 e. The van der Waals surface area contributed by atoms with Crippen LogP contribution in [0.2, 0.25) is 0 Å². The maximum Gasteiger partial charge on any atom is 0.408 e. The summed E-state index contributed by atoms with van der Waals surface area (Å²) in [5, 5.41) is 13.8. The van der Waals surface area contributed by atoms with Gasteiger partial charge in [0, 0.05) is 0 Å². The van der Waals surface area contributed by atoms with E-state index in [0.717, 1.165) is 5.56 Å². The molecule has 7 heteroatoms. The molecule has 132 valence electrons. The number of nitrogens with one attached hydrogen (secondary N) is 2. The zero-order valence-electron chi connectivity index (χ0n) is 13.9. The van der Waals surface area contributed by atoms with Gasteiger partial charge >= 0.3 is 6.09 Å². The van der Waals surface area contributed by atoms with Crippen molar-refractivity contribution < 1.29 is 24.2 Å². The highest BCUT2D eigenvalue weighted by atomic mass is 16.5. The Labute approximate surface area is 141 Å². The van der Waals surface area contributed by atoms with Crippen molar-refractivity contribution in [2.75, 3.05) is 6.61 Å². The van der Waals surface area contributed by atoms with E-state index in [0.29, 0.717) is 12.7 Å². The molecule has 7 nitrogen and oxygen atoms in total. The summed E-state index contributed by atoms with van der Waals surface area (Å²) in [5.41, 5.74) is 0.832. The Bertz CT molecular complexity index is 533. The summed E-state index contributed by atoms with van der Waals surface area (Å²) in [6.07, 6.45) is 0.104. The van der Waals surface area contributed by atoms with Crippen molar-refractivity contribution in [3.8, 4) is 0 Å². The van der Waals surface area contributed by atoms with E-state index >= 15 is 0 Å². The zero-order valence-corrected chi connectivity index (χ0v) is 13.9. The minimum atomic E-state index is -0.991. The molecular weight excluding hydrogens is 312 g/mol. The summed E-state index contributed by atoms with van der Waals surface area (Å²) >= 11 is 0. The topological polar surface area (TPSA) is 105 Å². The van der Waals surface area contributed by atoms with Crippen LogP contribution in [-0.2, 0) is 20.9 Å². The molecule has 0 bridgehead atoms. The number of ether oxygens (including phenoxy) is 1. The molecule has 0 aliphatic heterocycles. The summed E-state index contributed by atoms with van der Waals surface area (Å²) in [5.74, 6) is -0.398. The van der Waals surface area contributed by atoms with Gasteiger partial charge in [-0.15, -0.1) is 0 Å². The van der Waals surface area contributed by atoms with Crippen molar-refractivity contribution in [2.45, 2.75) is 39.0 Å². The third kappa shape index (κ3) is 7.23. The number of aliphatic hydroxyl groups is 1. The predicted octanol–water partition coefficient (Wildman–Crippen LogP) is 1.00. The first-order chi connectivity index (χ1) is 11.5. The number of hydrogen-bond donors (Lipinski definition) is 3. The fraction of sp³-hybridized carbons (Fsp3) is 0.471. The van der Waals surface area contributed by atoms with Crippen molar-refractivity contribution in [1.82, 2.24) is 10.6 Å². The maximum absolute atomic E-state index is 12.2. The van der Waals surface area contributed by atoms with Crippen LogP contribution in [0.25, 0.3) is 0 Å². The zero-order chi connectivity index (χ0) is 17.9. The van der Waals surface area contributed by atoms with Gasteiger partial charge in [-0.25, -0.2) is 4.79 Å². The highest BCUT2D eigenvalue weighted by molar-refractivity contribution is 5.87. The van der Waals surface area contributed by atoms with Gasteiger partial charge in [-0.3, -0.25) is 4.79 Å². The Morgan fingerprint density at radius 3 is 2.42 bits per heavy atom. The molecule has 0 saturated heterocycles. The minimum absolute atomic E-state index is 0.0935. The number of aliphatic hydroxyl groups excluding tert-OH is 1. The molecule has 0 saturated carbocycles. The Kier molecular flexibility index (Phi) is 8.49. The van der Waals surface area contributed by atoms with Crippen LogP contribution in [0.4, 0.5) is 4.79 Å². The van der Waals surface area contributed by atoms with Crippen LogP contribution in [0.1, 0.15) is 25.8 Å². The Morgan fingerprint density at radius 2 is 1.88 bits per heavy atom. The molecule has 1 aromatic rings. The van der Waals surface area contributed by atoms with Crippen molar-refractivity contribution in [3.63, 3.8) is 0 Å². The fourth-order valence-corrected chi connectivity index (χ4v) is 2.02. The largest absolute Gasteiger partial charge is 0.445 e. The van der Waals surface area contributed by atoms with Crippen molar-refractivity contribution in [1.29, 1.82) is 0 Å². The van der Waals surface area contributed by atoms with Crippen LogP contribution in [-0.4, -0.2) is 42.1 Å². The predicted molar refractivity (Wildman–Crippen MR) is 88.1 cm³/mol. The van der Waals surface area contributed by atoms with Gasteiger partial charge in [0.1, 0.15) is 25.0 Å². The van der Waals surface area contributed by atoms with Gasteiger partial charge in [0.2, 0.25) is 5.91 Å². The van der Waals surface area contributed by atoms with E-state index in [1.54, 1.807) is 0 Å². The van der Waals surface area contributed by atoms with Gasteiger partial charge in [-0.2, -0.15) is 0 Å². The monoisotopic (exact) mass is 336 g/mol. The lowest BCUT2D eigenvalue weighted by atomic mass is 10.0. The van der Waals surface area contributed by atoms with Crippen LogP contribution in [0, 0.1) is 5.92 Å². The molecular formula is C17H24N2O5. The molecule has 0 radical (unpaired) electrons. The molecule has 0 aliphatic carbocycles. The molecule has 0 heterocycles. The lowest BCUT2D eigenvalue weighted by molar-refractivity contribution is -0.126. The third-order valence-corrected chi connectivity index (χ3v) is 3.22. The SMILES string of the molecule is CC(C)C[C@H](NC(=O)OCc1ccccc1)C(=O)N[C@H](C=O)CO. The second-order valence-electron chi connectivity index (χ2n) is 5.82. The lowest BCUT2D eigenvalue weighted by Crippen LogP contribution is -2.51. The van der Waals surface area contributed by atoms with E-state index in [2.05, 4.69) is 10.6 Å². The Hall–Kier alpha value is -2.41. The molecule has 0 unspecified atom stereocenters. The number of carbonyl (C=O) groups excluding carboxylic acids is 3. The van der Waals surface area contributed by atoms with Gasteiger partial charge < -0.3 is 25.3 Å². The summed E-state index contributed by atoms with van der Waals surface area (Å²) in [6, 6.07) is 7.33. The molecule has 24 heavy (non-hydrogen) atoms. The second-order valence-corrected chi connectivity index (χ2v) is 5.82. The fourth-order valence-electron chi connectivity index (χ4n) is 2.02. The van der Waals surface area contributed by atoms with E-state index in [4.69, 9.17) is 9.84 Å². The van der Waals surface area contributed by atoms with E-state index in [1.807, 2.05) is 44.2 Å². The summed E-state index contributed by atoms with van der Waals surface area (Å²) < 4.78 is 5.10. The Balaban J connectivity index is 2.59. The first kappa shape index (κ1) is 19.6. The van der Waals surface area contributed by atoms with Crippen LogP contribution in [0.5, 0.6) is 0 Å². The van der Waals surface area contributed by atoms with Crippen molar-refractivity contribution in [3.05, 3.63) is 35.9 Å². The number of amides is 2. The molecule has 1 aromatic carbocycles. The number of rotatable bonds is 9. The highest BCUT2D eigenvalue weighted by Gasteiger charge is 2.24. The second kappa shape index (κ2) is 10.4. The number of benzene rings is 1. The molecule has 2 atom stereocenters. The molecule has 0 aromatic heterocycles. The number of hydrogen-bond acceptors (Lipinski definition) is 5. The van der Waals surface area contributed by atoms with Crippen molar-refractivity contribution >= 4 is 18.3 Å². The Morgan fingerprint density at radius 1 is 1.21 bits per heavy atom. The van der Waals surface area contributed by atoms with E-state index in [-0.39, 0.29) is 12.5 Å². The standard InChI is InChI=1S/C17H24N2O5/c1-12(2)8-15(16(22)18-14(9-20)10-21)19-17(23)24-11-13-6-4-3-5-7-13/h3-7,9,12,14-15,21H,8,10-11H2,1-2H3,(H,18,22)(H,19,23)/t14-,15+/m1/s1. The third-order valence-electron chi connectivity index (χ3n) is 3.22. The maximum atomic E-state index is 12.2. The van der Waals surface area contributed by atoms with Crippen LogP contribution >= 0.6 is 0 Å². The first-order valence-electron chi connectivity index (χ1n) is 7.80. The van der Waals surface area contributed by atoms with Gasteiger partial charge in [0.05, 0.1) is 6.61 Å². The normalized spacial score (nSPS) is 13.0. The van der Waals surface area contributed by atoms with E-state index in [9.17, 15) is 14.4 Å². The molecule has 0 spiro atoms. The summed E-state index contributed by atoms with van der Waals surface area (Å²) in [4.78, 5) is 34.8. The van der Waals surface area contributed by atoms with E-state index < -0.39 is 30.7 Å². The molecule has 0 aliphatic rings. The lowest BCUT2D eigenvalue weighted by Gasteiger charge is -2.21. The quantitative estimate of drug-likeness (QED) is 0.584. The number of alkyl carbamates (subject to hydrolysis) is 1. The van der Waals surface area contributed by atoms with E-state index in [1.165, 1.54) is 0 Å². The molecule has 1 rings (SSSR count). The molecule has 2 amide bonds. The van der Waals surface area contributed by atoms with Gasteiger partial charge in [-0.1, -0.05) is 44.2 Å². The van der Waals surface area contributed by atoms with Crippen LogP contribution < -0.4 is 10.6 Å². The van der Waals surface area contributed by atoms with Crippen LogP contribution in [0.3, 0.4) is 0 Å². The van der Waals surface area contributed by atoms with Crippen molar-refractivity contribution in [2.24, 2.45) is 5.92 Å². The van der Waals surface area contributed by atoms with Gasteiger partial charge in [-0.05, 0) is 17.9 Å². The highest BCUT2D eigenvalue weighted by Crippen LogP contribution is 2.07. The first-order valence-corrected chi connectivity index (χ1v) is 7.80. The summed E-state index contributed by atoms with van der Waals surface area (Å²) in [6.45, 7) is 3.40. The van der Waals surface area contributed by atoms with Gasteiger partial charge in [0.15, 0.2) is 0 Å². The average Bonchev–Trinajstić information content (AvgIpc) is 2.57. The van der Waals surface area contributed by atoms with Gasteiger partial charge in [0.25, 0.3) is 0 Å². The number of aldehydes is 1.